The van der Waals surface area contributed by atoms with Crippen molar-refractivity contribution in [3.05, 3.63) is 48.5 Å². The molecule has 1 saturated heterocycles. The van der Waals surface area contributed by atoms with E-state index in [9.17, 15) is 21.6 Å². The van der Waals surface area contributed by atoms with E-state index < -0.39 is 31.4 Å². The van der Waals surface area contributed by atoms with E-state index in [4.69, 9.17) is 4.74 Å². The zero-order valence-corrected chi connectivity index (χ0v) is 17.2. The number of rotatable bonds is 5. The molecule has 1 amide bonds. The molecular weight excluding hydrogens is 404 g/mol. The number of nitrogens with one attached hydrogen (secondary N) is 1. The van der Waals surface area contributed by atoms with Gasteiger partial charge in [-0.2, -0.15) is 0 Å². The minimum Gasteiger partial charge on any atom is -0.497 e. The molecule has 3 rings (SSSR count). The average molecular weight is 425 g/mol. The quantitative estimate of drug-likeness (QED) is 0.788. The van der Waals surface area contributed by atoms with Crippen molar-refractivity contribution in [2.45, 2.75) is 18.7 Å². The van der Waals surface area contributed by atoms with Crippen LogP contribution in [0.15, 0.2) is 53.4 Å². The molecule has 2 aromatic carbocycles. The molecule has 8 nitrogen and oxygen atoms in total. The van der Waals surface area contributed by atoms with Crippen LogP contribution in [0.4, 0.5) is 11.4 Å². The maximum atomic E-state index is 12.6. The van der Waals surface area contributed by atoms with Gasteiger partial charge < -0.3 is 4.74 Å². The lowest BCUT2D eigenvalue weighted by Gasteiger charge is -2.17. The molecule has 0 spiro atoms. The number of sulfonamides is 2. The Morgan fingerprint density at radius 1 is 1.11 bits per heavy atom. The standard InChI is InChI=1S/C18H20N2O6S2/c1-18(2)12-27(22,23)20(17(18)21)14-7-9-16(10-8-14)28(24,25)19-13-5-4-6-15(11-13)26-3/h4-11,19H,12H2,1-3H3. The molecule has 0 atom stereocenters. The van der Waals surface area contributed by atoms with Crippen LogP contribution in [0.2, 0.25) is 0 Å². The van der Waals surface area contributed by atoms with Gasteiger partial charge in [-0.1, -0.05) is 6.07 Å². The minimum atomic E-state index is -3.90. The van der Waals surface area contributed by atoms with Gasteiger partial charge in [0.05, 0.1) is 34.5 Å². The summed E-state index contributed by atoms with van der Waals surface area (Å²) in [5.41, 5.74) is -0.601. The smallest absolute Gasteiger partial charge is 0.261 e. The van der Waals surface area contributed by atoms with Crippen LogP contribution in [0.1, 0.15) is 13.8 Å². The molecule has 1 heterocycles. The number of methoxy groups -OCH3 is 1. The largest absolute Gasteiger partial charge is 0.497 e. The van der Waals surface area contributed by atoms with Crippen LogP contribution in [0.25, 0.3) is 0 Å². The molecule has 10 heteroatoms. The molecule has 0 radical (unpaired) electrons. The van der Waals surface area contributed by atoms with Gasteiger partial charge in [-0.3, -0.25) is 9.52 Å². The molecule has 0 unspecified atom stereocenters. The lowest BCUT2D eigenvalue weighted by molar-refractivity contribution is -0.123. The van der Waals surface area contributed by atoms with E-state index in [2.05, 4.69) is 4.72 Å². The maximum Gasteiger partial charge on any atom is 0.261 e. The lowest BCUT2D eigenvalue weighted by atomic mass is 9.95. The third-order valence-electron chi connectivity index (χ3n) is 4.29. The van der Waals surface area contributed by atoms with Gasteiger partial charge in [0, 0.05) is 6.07 Å². The highest BCUT2D eigenvalue weighted by molar-refractivity contribution is 7.94. The highest BCUT2D eigenvalue weighted by Gasteiger charge is 2.49. The van der Waals surface area contributed by atoms with Crippen LogP contribution in [0, 0.1) is 5.41 Å². The number of carbonyl (C=O) groups excluding carboxylic acids is 1. The summed E-state index contributed by atoms with van der Waals surface area (Å²) in [7, 11) is -6.23. The molecule has 1 aliphatic heterocycles. The van der Waals surface area contributed by atoms with Gasteiger partial charge in [0.15, 0.2) is 0 Å². The van der Waals surface area contributed by atoms with Crippen LogP contribution < -0.4 is 13.8 Å². The molecular formula is C18H20N2O6S2. The van der Waals surface area contributed by atoms with E-state index in [1.54, 1.807) is 32.0 Å². The maximum absolute atomic E-state index is 12.6. The van der Waals surface area contributed by atoms with E-state index in [0.717, 1.165) is 4.31 Å². The number of hydrogen-bond acceptors (Lipinski definition) is 6. The number of anilines is 2. The fourth-order valence-electron chi connectivity index (χ4n) is 2.92. The fraction of sp³-hybridized carbons (Fsp3) is 0.278. The van der Waals surface area contributed by atoms with Crippen molar-refractivity contribution in [1.82, 2.24) is 0 Å². The Bertz CT molecular complexity index is 1120. The fourth-order valence-corrected chi connectivity index (χ4v) is 6.08. The van der Waals surface area contributed by atoms with Crippen LogP contribution >= 0.6 is 0 Å². The van der Waals surface area contributed by atoms with Crippen LogP contribution in [0.3, 0.4) is 0 Å². The second kappa shape index (κ2) is 6.78. The Labute approximate surface area is 164 Å². The Morgan fingerprint density at radius 2 is 1.75 bits per heavy atom. The monoisotopic (exact) mass is 424 g/mol. The van der Waals surface area contributed by atoms with E-state index in [0.29, 0.717) is 11.4 Å². The summed E-state index contributed by atoms with van der Waals surface area (Å²) < 4.78 is 58.1. The van der Waals surface area contributed by atoms with Gasteiger partial charge in [-0.25, -0.2) is 21.1 Å². The predicted octanol–water partition coefficient (Wildman–Crippen LogP) is 2.20. The van der Waals surface area contributed by atoms with E-state index in [1.807, 2.05) is 0 Å². The Morgan fingerprint density at radius 3 is 2.29 bits per heavy atom. The van der Waals surface area contributed by atoms with Gasteiger partial charge in [-0.05, 0) is 50.2 Å². The van der Waals surface area contributed by atoms with Crippen molar-refractivity contribution < 1.29 is 26.4 Å². The molecule has 1 aliphatic rings. The van der Waals surface area contributed by atoms with Crippen molar-refractivity contribution in [1.29, 1.82) is 0 Å². The number of nitrogens with zero attached hydrogens (tertiary/aromatic N) is 1. The zero-order valence-electron chi connectivity index (χ0n) is 15.5. The SMILES string of the molecule is COc1cccc(NS(=O)(=O)c2ccc(N3C(=O)C(C)(C)CS3(=O)=O)cc2)c1. The number of carbonyl (C=O) groups is 1. The summed E-state index contributed by atoms with van der Waals surface area (Å²) in [5, 5.41) is 0. The first kappa shape index (κ1) is 20.2. The van der Waals surface area contributed by atoms with E-state index >= 15 is 0 Å². The van der Waals surface area contributed by atoms with Crippen LogP contribution in [-0.4, -0.2) is 35.6 Å². The van der Waals surface area contributed by atoms with Crippen molar-refractivity contribution in [2.75, 3.05) is 21.9 Å². The Kier molecular flexibility index (Phi) is 4.88. The van der Waals surface area contributed by atoms with Gasteiger partial charge in [0.1, 0.15) is 5.75 Å². The highest BCUT2D eigenvalue weighted by Crippen LogP contribution is 2.36. The second-order valence-corrected chi connectivity index (χ2v) is 10.5. The number of amides is 1. The van der Waals surface area contributed by atoms with Crippen molar-refractivity contribution in [2.24, 2.45) is 5.41 Å². The summed E-state index contributed by atoms with van der Waals surface area (Å²) in [4.78, 5) is 12.4. The molecule has 0 saturated carbocycles. The molecule has 1 N–H and O–H groups in total. The number of hydrogen-bond donors (Lipinski definition) is 1. The molecule has 0 aromatic heterocycles. The van der Waals surface area contributed by atoms with Crippen LogP contribution in [0.5, 0.6) is 5.75 Å². The molecule has 2 aromatic rings. The molecule has 0 aliphatic carbocycles. The number of benzene rings is 2. The molecule has 150 valence electrons. The minimum absolute atomic E-state index is 0.0672. The second-order valence-electron chi connectivity index (χ2n) is 7.04. The first-order valence-corrected chi connectivity index (χ1v) is 11.4. The van der Waals surface area contributed by atoms with Gasteiger partial charge in [-0.15, -0.1) is 0 Å². The van der Waals surface area contributed by atoms with Crippen molar-refractivity contribution in [3.8, 4) is 5.75 Å². The highest BCUT2D eigenvalue weighted by atomic mass is 32.2. The van der Waals surface area contributed by atoms with E-state index in [1.165, 1.54) is 37.4 Å². The number of ether oxygens (including phenoxy) is 1. The van der Waals surface area contributed by atoms with Gasteiger partial charge >= 0.3 is 0 Å². The predicted molar refractivity (Wildman–Crippen MR) is 105 cm³/mol. The Balaban J connectivity index is 1.89. The van der Waals surface area contributed by atoms with Crippen LogP contribution in [-0.2, 0) is 24.8 Å². The summed E-state index contributed by atoms with van der Waals surface area (Å²) >= 11 is 0. The Hall–Kier alpha value is -2.59. The molecule has 0 bridgehead atoms. The molecule has 28 heavy (non-hydrogen) atoms. The lowest BCUT2D eigenvalue weighted by Crippen LogP contribution is -2.32. The summed E-state index contributed by atoms with van der Waals surface area (Å²) in [6.45, 7) is 3.12. The van der Waals surface area contributed by atoms with Gasteiger partial charge in [0.25, 0.3) is 10.0 Å². The van der Waals surface area contributed by atoms with Crippen molar-refractivity contribution >= 4 is 37.3 Å². The van der Waals surface area contributed by atoms with Crippen molar-refractivity contribution in [3.63, 3.8) is 0 Å². The average Bonchev–Trinajstić information content (AvgIpc) is 2.77. The normalized spacial score (nSPS) is 18.1. The summed E-state index contributed by atoms with van der Waals surface area (Å²) in [5.74, 6) is -0.343. The summed E-state index contributed by atoms with van der Waals surface area (Å²) in [6, 6.07) is 11.5. The first-order chi connectivity index (χ1) is 13.0. The van der Waals surface area contributed by atoms with E-state index in [-0.39, 0.29) is 16.3 Å². The summed E-state index contributed by atoms with van der Waals surface area (Å²) in [6.07, 6.45) is 0. The third kappa shape index (κ3) is 3.69. The third-order valence-corrected chi connectivity index (χ3v) is 7.70. The van der Waals surface area contributed by atoms with Gasteiger partial charge in [0.2, 0.25) is 15.9 Å². The molecule has 1 fully saturated rings. The first-order valence-electron chi connectivity index (χ1n) is 8.31. The zero-order chi connectivity index (χ0) is 20.7. The topological polar surface area (TPSA) is 110 Å².